The third kappa shape index (κ3) is 4.69. The van der Waals surface area contributed by atoms with Gasteiger partial charge in [0.15, 0.2) is 5.82 Å². The number of hydrogen-bond acceptors (Lipinski definition) is 7. The van der Waals surface area contributed by atoms with E-state index in [-0.39, 0.29) is 12.0 Å². The van der Waals surface area contributed by atoms with E-state index in [0.29, 0.717) is 5.82 Å². The average Bonchev–Trinajstić information content (AvgIpc) is 3.21. The van der Waals surface area contributed by atoms with Crippen LogP contribution in [0.25, 0.3) is 16.6 Å². The number of nitrogens with zero attached hydrogens (tertiary/aromatic N) is 6. The van der Waals surface area contributed by atoms with E-state index in [1.807, 2.05) is 55.9 Å². The topological polar surface area (TPSA) is 101 Å². The van der Waals surface area contributed by atoms with Crippen LogP contribution < -0.4 is 10.1 Å². The number of aryl methyl sites for hydroxylation is 3. The van der Waals surface area contributed by atoms with Crippen LogP contribution in [0.5, 0.6) is 5.75 Å². The maximum atomic E-state index is 9.17. The minimum Gasteiger partial charge on any atom is -0.488 e. The summed E-state index contributed by atoms with van der Waals surface area (Å²) in [6.07, 6.45) is 7.44. The highest BCUT2D eigenvalue weighted by Crippen LogP contribution is 2.34. The van der Waals surface area contributed by atoms with Gasteiger partial charge in [0.05, 0.1) is 23.9 Å². The third-order valence-electron chi connectivity index (χ3n) is 6.15. The second-order valence-electron chi connectivity index (χ2n) is 8.92. The van der Waals surface area contributed by atoms with Crippen molar-refractivity contribution in [1.29, 1.82) is 5.26 Å². The lowest BCUT2D eigenvalue weighted by Crippen LogP contribution is -2.23. The van der Waals surface area contributed by atoms with Gasteiger partial charge < -0.3 is 10.1 Å². The van der Waals surface area contributed by atoms with Crippen LogP contribution in [-0.2, 0) is 0 Å². The molecule has 4 aromatic rings. The quantitative estimate of drug-likeness (QED) is 0.436. The molecule has 0 bridgehead atoms. The van der Waals surface area contributed by atoms with Crippen molar-refractivity contribution in [3.63, 3.8) is 0 Å². The van der Waals surface area contributed by atoms with Gasteiger partial charge in [-0.25, -0.2) is 14.5 Å². The van der Waals surface area contributed by atoms with E-state index >= 15 is 0 Å². The minimum absolute atomic E-state index is 0.113. The molecule has 0 aliphatic heterocycles. The molecule has 0 saturated heterocycles. The molecule has 0 atom stereocenters. The first-order chi connectivity index (χ1) is 16.5. The fraction of sp³-hybridized carbons (Fsp3) is 0.346. The molecule has 5 rings (SSSR count). The summed E-state index contributed by atoms with van der Waals surface area (Å²) in [5, 5.41) is 17.1. The molecule has 0 aromatic carbocycles. The number of ether oxygens (including phenoxy) is 1. The van der Waals surface area contributed by atoms with Crippen molar-refractivity contribution in [2.24, 2.45) is 5.92 Å². The zero-order valence-electron chi connectivity index (χ0n) is 19.6. The predicted octanol–water partition coefficient (Wildman–Crippen LogP) is 5.32. The van der Waals surface area contributed by atoms with Crippen molar-refractivity contribution in [3.8, 4) is 22.9 Å². The molecule has 1 saturated carbocycles. The molecule has 0 radical (unpaired) electrons. The standard InChI is InChI=1S/C26H27N7O/c1-16-10-23(24(15-28-16)34-22-6-4-19(14-27)5-7-22)20-8-9-33-21(12-20)13-26(32-33)31-25-11-17(2)29-18(3)30-25/h8-13,15,19,22H,4-7H2,1-3H3,(H,29,30,31,32)/t19-,22-. The predicted molar refractivity (Wildman–Crippen MR) is 130 cm³/mol. The lowest BCUT2D eigenvalue weighted by Gasteiger charge is -2.26. The first-order valence-corrected chi connectivity index (χ1v) is 11.6. The summed E-state index contributed by atoms with van der Waals surface area (Å²) < 4.78 is 8.22. The van der Waals surface area contributed by atoms with Crippen molar-refractivity contribution in [2.75, 3.05) is 5.32 Å². The molecule has 4 heterocycles. The summed E-state index contributed by atoms with van der Waals surface area (Å²) in [5.41, 5.74) is 4.84. The van der Waals surface area contributed by atoms with Crippen LogP contribution in [0.2, 0.25) is 0 Å². The fourth-order valence-corrected chi connectivity index (χ4v) is 4.49. The zero-order chi connectivity index (χ0) is 23.7. The first-order valence-electron chi connectivity index (χ1n) is 11.6. The minimum atomic E-state index is 0.113. The van der Waals surface area contributed by atoms with Gasteiger partial charge in [-0.15, -0.1) is 0 Å². The molecule has 1 aliphatic carbocycles. The Kier molecular flexibility index (Phi) is 5.84. The molecule has 172 valence electrons. The maximum absolute atomic E-state index is 9.17. The number of pyridine rings is 2. The van der Waals surface area contributed by atoms with Gasteiger partial charge in [-0.2, -0.15) is 10.4 Å². The highest BCUT2D eigenvalue weighted by atomic mass is 16.5. The van der Waals surface area contributed by atoms with E-state index in [1.54, 1.807) is 0 Å². The summed E-state index contributed by atoms with van der Waals surface area (Å²) in [5.74, 6) is 3.08. The van der Waals surface area contributed by atoms with Gasteiger partial charge in [0.1, 0.15) is 17.4 Å². The Bertz CT molecular complexity index is 1360. The summed E-state index contributed by atoms with van der Waals surface area (Å²) in [6, 6.07) is 12.5. The van der Waals surface area contributed by atoms with Gasteiger partial charge >= 0.3 is 0 Å². The summed E-state index contributed by atoms with van der Waals surface area (Å²) in [7, 11) is 0. The van der Waals surface area contributed by atoms with Crippen LogP contribution in [0.4, 0.5) is 11.6 Å². The van der Waals surface area contributed by atoms with E-state index in [2.05, 4.69) is 43.6 Å². The van der Waals surface area contributed by atoms with Crippen molar-refractivity contribution < 1.29 is 4.74 Å². The van der Waals surface area contributed by atoms with E-state index in [4.69, 9.17) is 10.00 Å². The molecular formula is C26H27N7O. The highest BCUT2D eigenvalue weighted by molar-refractivity contribution is 5.75. The Morgan fingerprint density at radius 3 is 2.59 bits per heavy atom. The summed E-state index contributed by atoms with van der Waals surface area (Å²) in [4.78, 5) is 13.2. The lowest BCUT2D eigenvalue weighted by atomic mass is 9.88. The van der Waals surface area contributed by atoms with E-state index in [9.17, 15) is 0 Å². The monoisotopic (exact) mass is 453 g/mol. The van der Waals surface area contributed by atoms with Crippen molar-refractivity contribution >= 4 is 17.2 Å². The Balaban J connectivity index is 1.41. The Labute approximate surface area is 198 Å². The number of nitrogens with one attached hydrogen (secondary N) is 1. The van der Waals surface area contributed by atoms with Crippen LogP contribution in [0.15, 0.2) is 42.7 Å². The summed E-state index contributed by atoms with van der Waals surface area (Å²) in [6.45, 7) is 5.80. The number of hydrogen-bond donors (Lipinski definition) is 1. The molecular weight excluding hydrogens is 426 g/mol. The molecule has 0 amide bonds. The number of aromatic nitrogens is 5. The normalized spacial score (nSPS) is 17.9. The molecule has 1 N–H and O–H groups in total. The van der Waals surface area contributed by atoms with Gasteiger partial charge in [-0.3, -0.25) is 4.98 Å². The maximum Gasteiger partial charge on any atom is 0.154 e. The molecule has 0 unspecified atom stereocenters. The van der Waals surface area contributed by atoms with Crippen LogP contribution in [0.3, 0.4) is 0 Å². The Morgan fingerprint density at radius 1 is 1.00 bits per heavy atom. The summed E-state index contributed by atoms with van der Waals surface area (Å²) >= 11 is 0. The molecule has 34 heavy (non-hydrogen) atoms. The van der Waals surface area contributed by atoms with Gasteiger partial charge in [-0.05, 0) is 70.2 Å². The van der Waals surface area contributed by atoms with Crippen LogP contribution >= 0.6 is 0 Å². The van der Waals surface area contributed by atoms with Gasteiger partial charge in [-0.1, -0.05) is 0 Å². The van der Waals surface area contributed by atoms with Gasteiger partial charge in [0.25, 0.3) is 0 Å². The van der Waals surface area contributed by atoms with Crippen molar-refractivity contribution in [1.82, 2.24) is 24.6 Å². The molecule has 4 aromatic heterocycles. The zero-order valence-corrected chi connectivity index (χ0v) is 19.6. The number of nitriles is 1. The average molecular weight is 454 g/mol. The second kappa shape index (κ2) is 9.10. The molecule has 1 aliphatic rings. The number of fused-ring (bicyclic) bond motifs is 1. The first kappa shape index (κ1) is 21.8. The fourth-order valence-electron chi connectivity index (χ4n) is 4.49. The third-order valence-corrected chi connectivity index (χ3v) is 6.15. The smallest absolute Gasteiger partial charge is 0.154 e. The molecule has 8 heteroatoms. The van der Waals surface area contributed by atoms with E-state index < -0.39 is 0 Å². The van der Waals surface area contributed by atoms with Crippen molar-refractivity contribution in [2.45, 2.75) is 52.6 Å². The number of anilines is 2. The number of rotatable bonds is 5. The molecule has 1 fully saturated rings. The Morgan fingerprint density at radius 2 is 1.82 bits per heavy atom. The second-order valence-corrected chi connectivity index (χ2v) is 8.92. The lowest BCUT2D eigenvalue weighted by molar-refractivity contribution is 0.143. The van der Waals surface area contributed by atoms with E-state index in [0.717, 1.165) is 71.1 Å². The van der Waals surface area contributed by atoms with Crippen LogP contribution in [0.1, 0.15) is 42.9 Å². The Hall–Kier alpha value is -3.99. The van der Waals surface area contributed by atoms with Gasteiger partial charge in [0.2, 0.25) is 0 Å². The SMILES string of the molecule is Cc1cc(-c2ccn3nc(Nc4cc(C)nc(C)n4)cc3c2)c(O[C@H]2CC[C@H](C#N)CC2)cn1. The van der Waals surface area contributed by atoms with Crippen LogP contribution in [-0.4, -0.2) is 30.7 Å². The highest BCUT2D eigenvalue weighted by Gasteiger charge is 2.23. The van der Waals surface area contributed by atoms with Gasteiger partial charge in [0, 0.05) is 41.2 Å². The van der Waals surface area contributed by atoms with Crippen molar-refractivity contribution in [3.05, 3.63) is 59.9 Å². The molecule has 8 nitrogen and oxygen atoms in total. The van der Waals surface area contributed by atoms with Crippen LogP contribution in [0, 0.1) is 38.0 Å². The largest absolute Gasteiger partial charge is 0.488 e. The van der Waals surface area contributed by atoms with E-state index in [1.165, 1.54) is 0 Å². The molecule has 0 spiro atoms.